The predicted molar refractivity (Wildman–Crippen MR) is 145 cm³/mol. The van der Waals surface area contributed by atoms with Crippen LogP contribution in [0.25, 0.3) is 11.1 Å². The van der Waals surface area contributed by atoms with Crippen LogP contribution in [0.4, 0.5) is 8.78 Å². The third-order valence-corrected chi connectivity index (χ3v) is 6.38. The van der Waals surface area contributed by atoms with Crippen molar-refractivity contribution in [2.24, 2.45) is 0 Å². The Labute approximate surface area is 230 Å². The number of hydrogen-bond donors (Lipinski definition) is 2. The number of benzene rings is 3. The van der Waals surface area contributed by atoms with Gasteiger partial charge >= 0.3 is 5.97 Å². The van der Waals surface area contributed by atoms with E-state index in [0.717, 1.165) is 17.5 Å². The number of rotatable bonds is 8. The molecule has 3 aromatic rings. The molecule has 6 nitrogen and oxygen atoms in total. The van der Waals surface area contributed by atoms with Gasteiger partial charge in [-0.3, -0.25) is 9.59 Å². The van der Waals surface area contributed by atoms with Crippen LogP contribution in [0.3, 0.4) is 0 Å². The van der Waals surface area contributed by atoms with E-state index < -0.39 is 30.1 Å². The van der Waals surface area contributed by atoms with Gasteiger partial charge in [0.2, 0.25) is 0 Å². The molecule has 0 aliphatic carbocycles. The topological polar surface area (TPSA) is 84.9 Å². The second-order valence-electron chi connectivity index (χ2n) is 8.05. The Balaban J connectivity index is 0.000000293. The van der Waals surface area contributed by atoms with Gasteiger partial charge in [-0.2, -0.15) is 0 Å². The highest BCUT2D eigenvalue weighted by atomic mass is 35.5. The molecule has 0 radical (unpaired) electrons. The van der Waals surface area contributed by atoms with E-state index in [-0.39, 0.29) is 21.2 Å². The molecule has 0 spiro atoms. The lowest BCUT2D eigenvalue weighted by molar-refractivity contribution is -0.135. The average molecular weight is 568 g/mol. The van der Waals surface area contributed by atoms with E-state index in [2.05, 4.69) is 5.32 Å². The molecule has 0 bridgehead atoms. The maximum Gasteiger partial charge on any atom is 0.322 e. The van der Waals surface area contributed by atoms with Crippen LogP contribution in [-0.4, -0.2) is 37.7 Å². The van der Waals surface area contributed by atoms with Gasteiger partial charge in [-0.25, -0.2) is 8.78 Å². The van der Waals surface area contributed by atoms with Gasteiger partial charge in [-0.1, -0.05) is 55.2 Å². The summed E-state index contributed by atoms with van der Waals surface area (Å²) < 4.78 is 39.1. The predicted octanol–water partition coefficient (Wildman–Crippen LogP) is 6.89. The largest absolute Gasteiger partial charge is 0.496 e. The van der Waals surface area contributed by atoms with E-state index in [0.29, 0.717) is 29.0 Å². The molecule has 0 saturated heterocycles. The van der Waals surface area contributed by atoms with E-state index in [9.17, 15) is 18.4 Å². The fourth-order valence-corrected chi connectivity index (χ4v) is 4.55. The summed E-state index contributed by atoms with van der Waals surface area (Å²) in [6.07, 6.45) is 1.13. The van der Waals surface area contributed by atoms with Crippen LogP contribution in [0.1, 0.15) is 40.9 Å². The summed E-state index contributed by atoms with van der Waals surface area (Å²) in [5, 5.41) is 10.9. The molecule has 38 heavy (non-hydrogen) atoms. The van der Waals surface area contributed by atoms with Crippen molar-refractivity contribution in [3.63, 3.8) is 0 Å². The normalized spacial score (nSPS) is 10.3. The number of nitrogens with one attached hydrogen (secondary N) is 1. The molecular weight excluding hydrogens is 539 g/mol. The summed E-state index contributed by atoms with van der Waals surface area (Å²) in [7, 11) is 3.06. The zero-order valence-corrected chi connectivity index (χ0v) is 23.2. The van der Waals surface area contributed by atoms with Crippen LogP contribution in [0.5, 0.6) is 11.5 Å². The zero-order valence-electron chi connectivity index (χ0n) is 21.7. The molecule has 204 valence electrons. The third kappa shape index (κ3) is 6.94. The van der Waals surface area contributed by atoms with Gasteiger partial charge in [0.25, 0.3) is 5.91 Å². The molecule has 10 heteroatoms. The van der Waals surface area contributed by atoms with Gasteiger partial charge in [-0.05, 0) is 49.1 Å². The smallest absolute Gasteiger partial charge is 0.322 e. The molecule has 0 unspecified atom stereocenters. The number of halogens is 4. The van der Waals surface area contributed by atoms with Crippen LogP contribution in [0, 0.1) is 18.6 Å². The van der Waals surface area contributed by atoms with Crippen molar-refractivity contribution in [1.29, 1.82) is 0 Å². The van der Waals surface area contributed by atoms with Crippen molar-refractivity contribution >= 4 is 35.1 Å². The number of hydrogen-bond acceptors (Lipinski definition) is 4. The summed E-state index contributed by atoms with van der Waals surface area (Å²) in [4.78, 5) is 21.7. The molecule has 0 aliphatic heterocycles. The number of amides is 1. The molecule has 2 N–H and O–H groups in total. The summed E-state index contributed by atoms with van der Waals surface area (Å²) in [6.45, 7) is 5.34. The number of carboxylic acids is 1. The van der Waals surface area contributed by atoms with E-state index in [4.69, 9.17) is 37.8 Å². The minimum atomic E-state index is -1.13. The van der Waals surface area contributed by atoms with Crippen molar-refractivity contribution in [2.45, 2.75) is 33.6 Å². The summed E-state index contributed by atoms with van der Waals surface area (Å²) >= 11 is 11.5. The maximum atomic E-state index is 14.1. The van der Waals surface area contributed by atoms with Gasteiger partial charge < -0.3 is 19.9 Å². The first-order valence-corrected chi connectivity index (χ1v) is 12.4. The first-order valence-electron chi connectivity index (χ1n) is 11.7. The Bertz CT molecular complexity index is 1310. The van der Waals surface area contributed by atoms with Gasteiger partial charge in [0.05, 0.1) is 29.8 Å². The van der Waals surface area contributed by atoms with Gasteiger partial charge in [0.1, 0.15) is 18.0 Å². The Morgan fingerprint density at radius 1 is 0.921 bits per heavy atom. The number of carbonyl (C=O) groups excluding carboxylic acids is 1. The SMILES string of the molecule is CCc1c(C)ccc(-c2cc(F)c(F)c(CC)c2OC)c1OC.O=C(O)CNC(=O)c1c(Cl)cccc1Cl. The monoisotopic (exact) mass is 567 g/mol. The Morgan fingerprint density at radius 3 is 1.97 bits per heavy atom. The highest BCUT2D eigenvalue weighted by molar-refractivity contribution is 6.39. The minimum Gasteiger partial charge on any atom is -0.496 e. The molecule has 0 heterocycles. The van der Waals surface area contributed by atoms with Crippen molar-refractivity contribution in [3.8, 4) is 22.6 Å². The lowest BCUT2D eigenvalue weighted by atomic mass is 9.94. The average Bonchev–Trinajstić information content (AvgIpc) is 2.88. The molecule has 0 saturated carbocycles. The zero-order chi connectivity index (χ0) is 28.6. The molecule has 0 fully saturated rings. The Hall–Kier alpha value is -3.36. The first-order chi connectivity index (χ1) is 18.0. The van der Waals surface area contributed by atoms with Gasteiger partial charge in [-0.15, -0.1) is 0 Å². The number of methoxy groups -OCH3 is 2. The van der Waals surface area contributed by atoms with Crippen molar-refractivity contribution in [3.05, 3.63) is 80.3 Å². The van der Waals surface area contributed by atoms with E-state index >= 15 is 0 Å². The lowest BCUT2D eigenvalue weighted by Gasteiger charge is -2.19. The van der Waals surface area contributed by atoms with Crippen molar-refractivity contribution in [2.75, 3.05) is 20.8 Å². The number of carboxylic acid groups (broad SMARTS) is 1. The van der Waals surface area contributed by atoms with Crippen LogP contribution < -0.4 is 14.8 Å². The molecule has 0 aliphatic rings. The van der Waals surface area contributed by atoms with Crippen molar-refractivity contribution < 1.29 is 33.0 Å². The fraction of sp³-hybridized carbons (Fsp3) is 0.286. The molecule has 3 aromatic carbocycles. The third-order valence-electron chi connectivity index (χ3n) is 5.75. The van der Waals surface area contributed by atoms with Crippen molar-refractivity contribution in [1.82, 2.24) is 5.32 Å². The van der Waals surface area contributed by atoms with E-state index in [1.807, 2.05) is 26.0 Å². The second-order valence-corrected chi connectivity index (χ2v) is 8.87. The number of carbonyl (C=O) groups is 2. The molecular formula is C28H29Cl2F2NO5. The minimum absolute atomic E-state index is 0.0853. The van der Waals surface area contributed by atoms with Crippen LogP contribution in [0.2, 0.25) is 10.0 Å². The molecule has 0 atom stereocenters. The highest BCUT2D eigenvalue weighted by Crippen LogP contribution is 2.42. The summed E-state index contributed by atoms with van der Waals surface area (Å²) in [5.74, 6) is -2.43. The highest BCUT2D eigenvalue weighted by Gasteiger charge is 2.22. The summed E-state index contributed by atoms with van der Waals surface area (Å²) in [6, 6.07) is 9.61. The fourth-order valence-electron chi connectivity index (χ4n) is 3.98. The maximum absolute atomic E-state index is 14.1. The van der Waals surface area contributed by atoms with Gasteiger partial charge in [0, 0.05) is 16.7 Å². The second kappa shape index (κ2) is 14.0. The molecule has 3 rings (SSSR count). The van der Waals surface area contributed by atoms with Crippen LogP contribution in [0.15, 0.2) is 36.4 Å². The Kier molecular flexibility index (Phi) is 11.4. The Morgan fingerprint density at radius 2 is 1.47 bits per heavy atom. The quantitative estimate of drug-likeness (QED) is 0.309. The standard InChI is InChI=1S/C19H22F2O2.C9H7Cl2NO3/c1-6-12-11(3)8-9-14(18(12)22-4)15-10-16(20)17(21)13(7-2)19(15)23-5;10-5-2-1-3-6(11)8(5)9(15)12-4-7(13)14/h8-10H,6-7H2,1-5H3;1-3H,4H2,(H,12,15)(H,13,14). The van der Waals surface area contributed by atoms with Gasteiger partial charge in [0.15, 0.2) is 11.6 Å². The molecule has 0 aromatic heterocycles. The van der Waals surface area contributed by atoms with Crippen LogP contribution >= 0.6 is 23.2 Å². The summed E-state index contributed by atoms with van der Waals surface area (Å²) in [5.41, 5.74) is 3.70. The van der Waals surface area contributed by atoms with E-state index in [1.165, 1.54) is 25.3 Å². The first kappa shape index (κ1) is 30.9. The number of aryl methyl sites for hydroxylation is 1. The number of ether oxygens (including phenoxy) is 2. The molecule has 1 amide bonds. The van der Waals surface area contributed by atoms with Crippen LogP contribution in [-0.2, 0) is 17.6 Å². The lowest BCUT2D eigenvalue weighted by Crippen LogP contribution is -2.29. The number of aliphatic carboxylic acids is 1. The van der Waals surface area contributed by atoms with E-state index in [1.54, 1.807) is 20.1 Å².